The first-order chi connectivity index (χ1) is 10.7. The Morgan fingerprint density at radius 1 is 1.14 bits per heavy atom. The summed E-state index contributed by atoms with van der Waals surface area (Å²) in [6.07, 6.45) is 5.32. The lowest BCUT2D eigenvalue weighted by atomic mass is 10.2. The number of halogens is 1. The predicted molar refractivity (Wildman–Crippen MR) is 94.3 cm³/mol. The Hall–Kier alpha value is -1.88. The summed E-state index contributed by atoms with van der Waals surface area (Å²) >= 11 is 3.35. The van der Waals surface area contributed by atoms with Gasteiger partial charge >= 0.3 is 0 Å². The molecular formula is C17H20BrN3O. The molecule has 5 heteroatoms. The minimum Gasteiger partial charge on any atom is -0.384 e. The smallest absolute Gasteiger partial charge is 0.256 e. The zero-order chi connectivity index (χ0) is 15.8. The fourth-order valence-corrected chi connectivity index (χ4v) is 2.23. The van der Waals surface area contributed by atoms with Crippen LogP contribution in [-0.2, 0) is 0 Å². The van der Waals surface area contributed by atoms with Gasteiger partial charge in [-0.1, -0.05) is 35.7 Å². The highest BCUT2D eigenvalue weighted by atomic mass is 79.9. The van der Waals surface area contributed by atoms with Crippen molar-refractivity contribution in [1.29, 1.82) is 0 Å². The monoisotopic (exact) mass is 361 g/mol. The number of unbranched alkanes of at least 4 members (excludes halogenated alkanes) is 2. The van der Waals surface area contributed by atoms with E-state index >= 15 is 0 Å². The molecule has 1 aromatic heterocycles. The van der Waals surface area contributed by atoms with Crippen molar-refractivity contribution in [2.24, 2.45) is 0 Å². The van der Waals surface area contributed by atoms with Gasteiger partial charge in [-0.3, -0.25) is 4.79 Å². The summed E-state index contributed by atoms with van der Waals surface area (Å²) in [5.41, 5.74) is 1.57. The summed E-state index contributed by atoms with van der Waals surface area (Å²) in [4.78, 5) is 16.3. The van der Waals surface area contributed by atoms with Crippen molar-refractivity contribution in [3.05, 3.63) is 52.6 Å². The third-order valence-corrected chi connectivity index (χ3v) is 3.75. The maximum Gasteiger partial charge on any atom is 0.256 e. The Labute approximate surface area is 139 Å². The Morgan fingerprint density at radius 3 is 2.55 bits per heavy atom. The third kappa shape index (κ3) is 5.15. The van der Waals surface area contributed by atoms with Gasteiger partial charge in [0, 0.05) is 16.6 Å². The number of rotatable bonds is 7. The number of hydrogen-bond acceptors (Lipinski definition) is 3. The molecule has 1 amide bonds. The highest BCUT2D eigenvalue weighted by molar-refractivity contribution is 9.10. The third-order valence-electron chi connectivity index (χ3n) is 3.22. The quantitative estimate of drug-likeness (QED) is 0.702. The van der Waals surface area contributed by atoms with Gasteiger partial charge in [-0.2, -0.15) is 0 Å². The van der Waals surface area contributed by atoms with Crippen LogP contribution in [0.5, 0.6) is 0 Å². The molecule has 1 heterocycles. The molecule has 0 bridgehead atoms. The molecule has 0 saturated carbocycles. The normalized spacial score (nSPS) is 10.3. The van der Waals surface area contributed by atoms with Crippen molar-refractivity contribution in [3.63, 3.8) is 0 Å². The Morgan fingerprint density at radius 2 is 1.91 bits per heavy atom. The molecule has 0 aliphatic heterocycles. The number of benzene rings is 1. The topological polar surface area (TPSA) is 54.0 Å². The molecule has 0 atom stereocenters. The van der Waals surface area contributed by atoms with Crippen LogP contribution in [0, 0.1) is 0 Å². The van der Waals surface area contributed by atoms with E-state index in [0.717, 1.165) is 23.1 Å². The van der Waals surface area contributed by atoms with Crippen molar-refractivity contribution in [3.8, 4) is 0 Å². The van der Waals surface area contributed by atoms with E-state index in [-0.39, 0.29) is 5.91 Å². The van der Waals surface area contributed by atoms with Crippen molar-refractivity contribution in [2.75, 3.05) is 17.2 Å². The van der Waals surface area contributed by atoms with Gasteiger partial charge < -0.3 is 10.6 Å². The minimum atomic E-state index is -0.163. The van der Waals surface area contributed by atoms with Gasteiger partial charge in [0.2, 0.25) is 0 Å². The van der Waals surface area contributed by atoms with E-state index < -0.39 is 0 Å². The number of carbonyl (C=O) groups excluding carboxylic acids is 1. The molecule has 116 valence electrons. The first-order valence-corrected chi connectivity index (χ1v) is 8.25. The molecule has 2 N–H and O–H groups in total. The van der Waals surface area contributed by atoms with Crippen LogP contribution in [0.2, 0.25) is 0 Å². The number of hydrogen-bond donors (Lipinski definition) is 2. The second-order valence-corrected chi connectivity index (χ2v) is 5.94. The summed E-state index contributed by atoms with van der Waals surface area (Å²) < 4.78 is 0.945. The molecule has 22 heavy (non-hydrogen) atoms. The van der Waals surface area contributed by atoms with Gasteiger partial charge in [-0.05, 0) is 42.8 Å². The van der Waals surface area contributed by atoms with Gasteiger partial charge in [-0.15, -0.1) is 0 Å². The summed E-state index contributed by atoms with van der Waals surface area (Å²) in [5, 5.41) is 6.11. The second kappa shape index (κ2) is 8.54. The molecule has 0 radical (unpaired) electrons. The minimum absolute atomic E-state index is 0.163. The molecular weight excluding hydrogens is 342 g/mol. The molecule has 0 saturated heterocycles. The number of carbonyl (C=O) groups is 1. The van der Waals surface area contributed by atoms with E-state index in [1.54, 1.807) is 24.4 Å². The predicted octanol–water partition coefficient (Wildman–Crippen LogP) is 4.70. The molecule has 0 aliphatic carbocycles. The maximum absolute atomic E-state index is 12.1. The van der Waals surface area contributed by atoms with E-state index in [2.05, 4.69) is 38.5 Å². The second-order valence-electron chi connectivity index (χ2n) is 5.03. The number of nitrogens with one attached hydrogen (secondary N) is 2. The van der Waals surface area contributed by atoms with Gasteiger partial charge in [-0.25, -0.2) is 4.98 Å². The molecule has 0 fully saturated rings. The van der Waals surface area contributed by atoms with Crippen molar-refractivity contribution in [1.82, 2.24) is 4.98 Å². The average molecular weight is 362 g/mol. The zero-order valence-corrected chi connectivity index (χ0v) is 14.2. The fourth-order valence-electron chi connectivity index (χ4n) is 1.97. The molecule has 2 aromatic rings. The number of amides is 1. The lowest BCUT2D eigenvalue weighted by Gasteiger charge is -2.08. The van der Waals surface area contributed by atoms with Crippen LogP contribution in [0.3, 0.4) is 0 Å². The Kier molecular flexibility index (Phi) is 6.40. The molecule has 1 aromatic carbocycles. The standard InChI is InChI=1S/C17H20BrN3O/c1-2-3-4-11-19-15-9-10-16(20-12-15)21-17(22)13-5-7-14(18)8-6-13/h5-10,12,19H,2-4,11H2,1H3,(H,20,21,22). The average Bonchev–Trinajstić information content (AvgIpc) is 2.54. The first kappa shape index (κ1) is 16.5. The first-order valence-electron chi connectivity index (χ1n) is 7.46. The molecule has 2 rings (SSSR count). The maximum atomic E-state index is 12.1. The number of pyridine rings is 1. The molecule has 4 nitrogen and oxygen atoms in total. The summed E-state index contributed by atoms with van der Waals surface area (Å²) in [7, 11) is 0. The van der Waals surface area contributed by atoms with Gasteiger partial charge in [0.05, 0.1) is 11.9 Å². The van der Waals surface area contributed by atoms with Gasteiger partial charge in [0.1, 0.15) is 5.82 Å². The zero-order valence-electron chi connectivity index (χ0n) is 12.6. The number of nitrogens with zero attached hydrogens (tertiary/aromatic N) is 1. The van der Waals surface area contributed by atoms with Crippen molar-refractivity contribution >= 4 is 33.3 Å². The van der Waals surface area contributed by atoms with Crippen LogP contribution in [-0.4, -0.2) is 17.4 Å². The SMILES string of the molecule is CCCCCNc1ccc(NC(=O)c2ccc(Br)cc2)nc1. The van der Waals surface area contributed by atoms with Crippen LogP contribution in [0.25, 0.3) is 0 Å². The largest absolute Gasteiger partial charge is 0.384 e. The van der Waals surface area contributed by atoms with Crippen LogP contribution >= 0.6 is 15.9 Å². The van der Waals surface area contributed by atoms with E-state index in [0.29, 0.717) is 11.4 Å². The summed E-state index contributed by atoms with van der Waals surface area (Å²) in [6.45, 7) is 3.13. The molecule has 0 spiro atoms. The van der Waals surface area contributed by atoms with E-state index in [1.807, 2.05) is 18.2 Å². The highest BCUT2D eigenvalue weighted by Crippen LogP contribution is 2.13. The summed E-state index contributed by atoms with van der Waals surface area (Å²) in [6, 6.07) is 10.9. The fraction of sp³-hybridized carbons (Fsp3) is 0.294. The number of aromatic nitrogens is 1. The van der Waals surface area contributed by atoms with Crippen LogP contribution < -0.4 is 10.6 Å². The van der Waals surface area contributed by atoms with Crippen molar-refractivity contribution < 1.29 is 4.79 Å². The molecule has 0 aliphatic rings. The Balaban J connectivity index is 1.88. The molecule has 0 unspecified atom stereocenters. The van der Waals surface area contributed by atoms with Crippen LogP contribution in [0.4, 0.5) is 11.5 Å². The van der Waals surface area contributed by atoms with Crippen LogP contribution in [0.1, 0.15) is 36.5 Å². The van der Waals surface area contributed by atoms with Crippen LogP contribution in [0.15, 0.2) is 47.1 Å². The van der Waals surface area contributed by atoms with Crippen molar-refractivity contribution in [2.45, 2.75) is 26.2 Å². The highest BCUT2D eigenvalue weighted by Gasteiger charge is 2.06. The lowest BCUT2D eigenvalue weighted by Crippen LogP contribution is -2.12. The van der Waals surface area contributed by atoms with Gasteiger partial charge in [0.25, 0.3) is 5.91 Å². The van der Waals surface area contributed by atoms with E-state index in [9.17, 15) is 4.79 Å². The number of anilines is 2. The van der Waals surface area contributed by atoms with E-state index in [1.165, 1.54) is 12.8 Å². The van der Waals surface area contributed by atoms with E-state index in [4.69, 9.17) is 0 Å². The van der Waals surface area contributed by atoms with Gasteiger partial charge in [0.15, 0.2) is 0 Å². The lowest BCUT2D eigenvalue weighted by molar-refractivity contribution is 0.102. The summed E-state index contributed by atoms with van der Waals surface area (Å²) in [5.74, 6) is 0.385. The Bertz CT molecular complexity index is 596.